The Morgan fingerprint density at radius 1 is 1.07 bits per heavy atom. The Kier molecular flexibility index (Phi) is 9.18. The highest BCUT2D eigenvalue weighted by Gasteiger charge is 2.08. The van der Waals surface area contributed by atoms with Gasteiger partial charge in [0.2, 0.25) is 0 Å². The molecule has 0 spiro atoms. The summed E-state index contributed by atoms with van der Waals surface area (Å²) < 4.78 is 1.96. The third-order valence-electron chi connectivity index (χ3n) is 4.81. The van der Waals surface area contributed by atoms with Crippen molar-refractivity contribution in [2.24, 2.45) is 4.99 Å². The van der Waals surface area contributed by atoms with Gasteiger partial charge in [0, 0.05) is 19.8 Å². The Morgan fingerprint density at radius 3 is 2.38 bits per heavy atom. The number of benzene rings is 2. The van der Waals surface area contributed by atoms with Crippen LogP contribution in [0.25, 0.3) is 5.69 Å². The molecule has 3 rings (SSSR count). The van der Waals surface area contributed by atoms with Gasteiger partial charge < -0.3 is 10.6 Å². The Balaban J connectivity index is 0.00000300. The first kappa shape index (κ1) is 22.9. The zero-order chi connectivity index (χ0) is 19.8. The fourth-order valence-electron chi connectivity index (χ4n) is 3.16. The summed E-state index contributed by atoms with van der Waals surface area (Å²) in [5, 5.41) is 11.5. The molecule has 0 aliphatic rings. The maximum atomic E-state index is 4.64. The molecule has 5 nitrogen and oxygen atoms in total. The summed E-state index contributed by atoms with van der Waals surface area (Å²) in [7, 11) is 1.81. The predicted molar refractivity (Wildman–Crippen MR) is 131 cm³/mol. The zero-order valence-corrected chi connectivity index (χ0v) is 19.6. The molecule has 154 valence electrons. The van der Waals surface area contributed by atoms with Crippen LogP contribution in [-0.2, 0) is 6.42 Å². The molecule has 1 unspecified atom stereocenters. The van der Waals surface area contributed by atoms with Crippen LogP contribution in [0.5, 0.6) is 0 Å². The largest absolute Gasteiger partial charge is 0.356 e. The monoisotopic (exact) mass is 503 g/mol. The minimum atomic E-state index is 0. The maximum Gasteiger partial charge on any atom is 0.191 e. The zero-order valence-electron chi connectivity index (χ0n) is 17.3. The van der Waals surface area contributed by atoms with Gasteiger partial charge in [0.25, 0.3) is 0 Å². The lowest BCUT2D eigenvalue weighted by molar-refractivity contribution is 0.674. The predicted octanol–water partition coefficient (Wildman–Crippen LogP) is 4.66. The molecule has 1 aromatic heterocycles. The molecule has 0 saturated heterocycles. The number of nitrogens with zero attached hydrogens (tertiary/aromatic N) is 3. The van der Waals surface area contributed by atoms with Gasteiger partial charge in [-0.3, -0.25) is 4.99 Å². The van der Waals surface area contributed by atoms with Gasteiger partial charge in [0.05, 0.1) is 17.4 Å². The summed E-state index contributed by atoms with van der Waals surface area (Å²) in [6.45, 7) is 5.07. The second kappa shape index (κ2) is 11.6. The van der Waals surface area contributed by atoms with E-state index in [2.05, 4.69) is 77.2 Å². The number of para-hydroxylation sites is 1. The molecule has 2 N–H and O–H groups in total. The summed E-state index contributed by atoms with van der Waals surface area (Å²) in [6, 6.07) is 20.8. The van der Waals surface area contributed by atoms with Crippen LogP contribution in [0.15, 0.2) is 71.9 Å². The summed E-state index contributed by atoms with van der Waals surface area (Å²) in [5.41, 5.74) is 4.71. The van der Waals surface area contributed by atoms with Gasteiger partial charge in [-0.05, 0) is 49.9 Å². The lowest BCUT2D eigenvalue weighted by Crippen LogP contribution is -2.39. The van der Waals surface area contributed by atoms with Crippen molar-refractivity contribution in [2.45, 2.75) is 32.7 Å². The first-order chi connectivity index (χ1) is 13.7. The van der Waals surface area contributed by atoms with Crippen LogP contribution < -0.4 is 10.6 Å². The molecule has 0 radical (unpaired) electrons. The van der Waals surface area contributed by atoms with E-state index in [1.54, 1.807) is 7.05 Å². The SMILES string of the molecule is CN=C(NCCCc1cn(-c2ccccc2)nc1C)NC(C)c1ccccc1.I. The molecule has 0 aliphatic carbocycles. The molecule has 0 fully saturated rings. The van der Waals surface area contributed by atoms with Gasteiger partial charge in [-0.1, -0.05) is 48.5 Å². The van der Waals surface area contributed by atoms with Crippen molar-refractivity contribution in [3.05, 3.63) is 83.7 Å². The van der Waals surface area contributed by atoms with Gasteiger partial charge in [0.15, 0.2) is 5.96 Å². The lowest BCUT2D eigenvalue weighted by Gasteiger charge is -2.18. The standard InChI is InChI=1S/C23H29N5.HI/c1-18(20-11-6-4-7-12-20)26-23(24-3)25-16-10-13-21-17-28(27-19(21)2)22-14-8-5-9-15-22;/h4-9,11-12,14-15,17-18H,10,13,16H2,1-3H3,(H2,24,25,26);1H. The van der Waals surface area contributed by atoms with Gasteiger partial charge in [0.1, 0.15) is 0 Å². The molecule has 0 amide bonds. The molecule has 0 saturated carbocycles. The first-order valence-corrected chi connectivity index (χ1v) is 9.80. The van der Waals surface area contributed by atoms with Crippen molar-refractivity contribution in [1.82, 2.24) is 20.4 Å². The van der Waals surface area contributed by atoms with Gasteiger partial charge in [-0.25, -0.2) is 4.68 Å². The summed E-state index contributed by atoms with van der Waals surface area (Å²) >= 11 is 0. The van der Waals surface area contributed by atoms with E-state index in [1.807, 2.05) is 28.9 Å². The molecule has 1 atom stereocenters. The van der Waals surface area contributed by atoms with Crippen molar-refractivity contribution in [1.29, 1.82) is 0 Å². The lowest BCUT2D eigenvalue weighted by atomic mass is 10.1. The van der Waals surface area contributed by atoms with E-state index < -0.39 is 0 Å². The molecule has 3 aromatic rings. The van der Waals surface area contributed by atoms with Gasteiger partial charge in [-0.2, -0.15) is 5.10 Å². The van der Waals surface area contributed by atoms with Crippen molar-refractivity contribution in [3.63, 3.8) is 0 Å². The summed E-state index contributed by atoms with van der Waals surface area (Å²) in [4.78, 5) is 4.34. The van der Waals surface area contributed by atoms with Crippen molar-refractivity contribution in [3.8, 4) is 5.69 Å². The van der Waals surface area contributed by atoms with E-state index in [-0.39, 0.29) is 30.0 Å². The van der Waals surface area contributed by atoms with E-state index >= 15 is 0 Å². The quantitative estimate of drug-likeness (QED) is 0.214. The minimum absolute atomic E-state index is 0. The molecule has 29 heavy (non-hydrogen) atoms. The Bertz CT molecular complexity index is 890. The van der Waals surface area contributed by atoms with E-state index in [0.717, 1.165) is 36.7 Å². The van der Waals surface area contributed by atoms with Crippen LogP contribution in [0, 0.1) is 6.92 Å². The van der Waals surface area contributed by atoms with Crippen LogP contribution in [-0.4, -0.2) is 29.3 Å². The first-order valence-electron chi connectivity index (χ1n) is 9.80. The van der Waals surface area contributed by atoms with E-state index in [9.17, 15) is 0 Å². The molecular formula is C23H30IN5. The van der Waals surface area contributed by atoms with E-state index in [1.165, 1.54) is 11.1 Å². The van der Waals surface area contributed by atoms with Crippen LogP contribution in [0.4, 0.5) is 0 Å². The molecule has 1 heterocycles. The van der Waals surface area contributed by atoms with Crippen LogP contribution >= 0.6 is 24.0 Å². The summed E-state index contributed by atoms with van der Waals surface area (Å²) in [5.74, 6) is 0.827. The smallest absolute Gasteiger partial charge is 0.191 e. The van der Waals surface area contributed by atoms with Crippen molar-refractivity contribution in [2.75, 3.05) is 13.6 Å². The number of aryl methyl sites for hydroxylation is 2. The van der Waals surface area contributed by atoms with Crippen molar-refractivity contribution >= 4 is 29.9 Å². The maximum absolute atomic E-state index is 4.64. The highest BCUT2D eigenvalue weighted by atomic mass is 127. The van der Waals surface area contributed by atoms with E-state index in [4.69, 9.17) is 0 Å². The molecule has 0 aliphatic heterocycles. The molecule has 6 heteroatoms. The Morgan fingerprint density at radius 2 is 1.72 bits per heavy atom. The van der Waals surface area contributed by atoms with Gasteiger partial charge >= 0.3 is 0 Å². The van der Waals surface area contributed by atoms with Crippen LogP contribution in [0.1, 0.15) is 36.2 Å². The number of guanidine groups is 1. The minimum Gasteiger partial charge on any atom is -0.356 e. The van der Waals surface area contributed by atoms with Crippen LogP contribution in [0.3, 0.4) is 0 Å². The molecular weight excluding hydrogens is 473 g/mol. The third-order valence-corrected chi connectivity index (χ3v) is 4.81. The molecule has 0 bridgehead atoms. The highest BCUT2D eigenvalue weighted by Crippen LogP contribution is 2.13. The van der Waals surface area contributed by atoms with E-state index in [0.29, 0.717) is 0 Å². The van der Waals surface area contributed by atoms with Crippen LogP contribution in [0.2, 0.25) is 0 Å². The highest BCUT2D eigenvalue weighted by molar-refractivity contribution is 14.0. The third kappa shape index (κ3) is 6.59. The molecule has 2 aromatic carbocycles. The number of halogens is 1. The number of aliphatic imine (C=N–C) groups is 1. The normalized spacial score (nSPS) is 12.2. The fraction of sp³-hybridized carbons (Fsp3) is 0.304. The topological polar surface area (TPSA) is 54.2 Å². The number of aromatic nitrogens is 2. The second-order valence-corrected chi connectivity index (χ2v) is 6.90. The van der Waals surface area contributed by atoms with Gasteiger partial charge in [-0.15, -0.1) is 24.0 Å². The fourth-order valence-corrected chi connectivity index (χ4v) is 3.16. The second-order valence-electron chi connectivity index (χ2n) is 6.90. The average Bonchev–Trinajstić information content (AvgIpc) is 3.12. The summed E-state index contributed by atoms with van der Waals surface area (Å²) in [6.07, 6.45) is 4.13. The number of nitrogens with one attached hydrogen (secondary N) is 2. The Hall–Kier alpha value is -2.35. The number of hydrogen-bond donors (Lipinski definition) is 2. The van der Waals surface area contributed by atoms with Crippen molar-refractivity contribution < 1.29 is 0 Å². The number of rotatable bonds is 7. The number of hydrogen-bond acceptors (Lipinski definition) is 2. The Labute approximate surface area is 190 Å². The average molecular weight is 503 g/mol.